The first-order valence-electron chi connectivity index (χ1n) is 7.63. The van der Waals surface area contributed by atoms with E-state index in [1.807, 2.05) is 60.7 Å². The fourth-order valence-corrected chi connectivity index (χ4v) is 2.59. The van der Waals surface area contributed by atoms with Crippen molar-refractivity contribution in [3.63, 3.8) is 0 Å². The van der Waals surface area contributed by atoms with Gasteiger partial charge < -0.3 is 10.6 Å². The van der Waals surface area contributed by atoms with E-state index < -0.39 is 5.72 Å². The van der Waals surface area contributed by atoms with Crippen LogP contribution in [0.1, 0.15) is 5.56 Å². The third-order valence-electron chi connectivity index (χ3n) is 3.75. The highest BCUT2D eigenvalue weighted by molar-refractivity contribution is 5.63. The molecule has 2 N–H and O–H groups in total. The van der Waals surface area contributed by atoms with Crippen LogP contribution in [0.25, 0.3) is 0 Å². The number of rotatable bonds is 5. The van der Waals surface area contributed by atoms with E-state index in [-0.39, 0.29) is 0 Å². The molecule has 0 amide bonds. The summed E-state index contributed by atoms with van der Waals surface area (Å²) in [5.74, 6) is 1.48. The van der Waals surface area contributed by atoms with Gasteiger partial charge in [-0.15, -0.1) is 0 Å². The topological polar surface area (TPSA) is 68.3 Å². The van der Waals surface area contributed by atoms with E-state index in [1.54, 1.807) is 12.4 Å². The van der Waals surface area contributed by atoms with E-state index in [1.165, 1.54) is 0 Å². The predicted molar refractivity (Wildman–Crippen MR) is 90.5 cm³/mol. The quantitative estimate of drug-likeness (QED) is 0.702. The van der Waals surface area contributed by atoms with Gasteiger partial charge in [-0.1, -0.05) is 30.3 Å². The van der Waals surface area contributed by atoms with Gasteiger partial charge in [-0.3, -0.25) is 0 Å². The summed E-state index contributed by atoms with van der Waals surface area (Å²) in [7, 11) is 0. The summed E-state index contributed by atoms with van der Waals surface area (Å²) in [6.45, 7) is 0.379. The predicted octanol–water partition coefficient (Wildman–Crippen LogP) is 3.45. The van der Waals surface area contributed by atoms with E-state index >= 15 is 0 Å². The molecule has 0 radical (unpaired) electrons. The van der Waals surface area contributed by atoms with Gasteiger partial charge in [-0.2, -0.15) is 0 Å². The Bertz CT molecular complexity index is 808. The highest BCUT2D eigenvalue weighted by Crippen LogP contribution is 2.39. The molecule has 1 atom stereocenters. The molecule has 24 heavy (non-hydrogen) atoms. The Labute approximate surface area is 139 Å². The van der Waals surface area contributed by atoms with Gasteiger partial charge in [-0.25, -0.2) is 19.7 Å². The van der Waals surface area contributed by atoms with E-state index in [2.05, 4.69) is 20.6 Å². The highest BCUT2D eigenvalue weighted by atomic mass is 17.3. The van der Waals surface area contributed by atoms with E-state index in [0.29, 0.717) is 12.4 Å². The number of aromatic nitrogens is 2. The molecule has 1 aliphatic heterocycles. The van der Waals surface area contributed by atoms with Crippen molar-refractivity contribution < 1.29 is 9.78 Å². The molecule has 0 spiro atoms. The van der Waals surface area contributed by atoms with Crippen LogP contribution in [0.15, 0.2) is 73.1 Å². The van der Waals surface area contributed by atoms with Gasteiger partial charge in [0.05, 0.1) is 0 Å². The first kappa shape index (κ1) is 14.6. The minimum absolute atomic E-state index is 0.379. The molecule has 0 bridgehead atoms. The Kier molecular flexibility index (Phi) is 3.82. The van der Waals surface area contributed by atoms with E-state index in [4.69, 9.17) is 9.78 Å². The molecular formula is C18H16N4O2. The molecule has 1 aliphatic rings. The van der Waals surface area contributed by atoms with Crippen LogP contribution in [-0.2, 0) is 15.5 Å². The minimum atomic E-state index is -0.785. The molecule has 0 aliphatic carbocycles. The summed E-state index contributed by atoms with van der Waals surface area (Å²) in [5.41, 5.74) is 1.03. The van der Waals surface area contributed by atoms with Crippen LogP contribution in [0.5, 0.6) is 0 Å². The van der Waals surface area contributed by atoms with Crippen LogP contribution in [0.4, 0.5) is 17.3 Å². The van der Waals surface area contributed by atoms with Crippen LogP contribution < -0.4 is 10.6 Å². The summed E-state index contributed by atoms with van der Waals surface area (Å²) in [4.78, 5) is 19.1. The van der Waals surface area contributed by atoms with Crippen LogP contribution in [0, 0.1) is 0 Å². The maximum atomic E-state index is 5.48. The Hall–Kier alpha value is -2.96. The van der Waals surface area contributed by atoms with Crippen molar-refractivity contribution in [3.8, 4) is 0 Å². The van der Waals surface area contributed by atoms with Crippen molar-refractivity contribution in [2.24, 2.45) is 0 Å². The average Bonchev–Trinajstić information content (AvgIpc) is 2.61. The highest BCUT2D eigenvalue weighted by Gasteiger charge is 2.45. The van der Waals surface area contributed by atoms with Gasteiger partial charge in [0.15, 0.2) is 0 Å². The van der Waals surface area contributed by atoms with Crippen molar-refractivity contribution >= 4 is 17.3 Å². The number of hydrogen-bond acceptors (Lipinski definition) is 6. The first-order chi connectivity index (χ1) is 11.9. The summed E-state index contributed by atoms with van der Waals surface area (Å²) < 4.78 is 0. The van der Waals surface area contributed by atoms with Gasteiger partial charge in [0.2, 0.25) is 5.72 Å². The monoisotopic (exact) mass is 320 g/mol. The molecule has 6 heteroatoms. The first-order valence-corrected chi connectivity index (χ1v) is 7.63. The minimum Gasteiger partial charge on any atom is -0.340 e. The molecule has 6 nitrogen and oxygen atoms in total. The number of pyridine rings is 2. The summed E-state index contributed by atoms with van der Waals surface area (Å²) in [6, 6.07) is 19.3. The van der Waals surface area contributed by atoms with Crippen molar-refractivity contribution in [2.45, 2.75) is 5.72 Å². The third-order valence-corrected chi connectivity index (χ3v) is 3.75. The summed E-state index contributed by atoms with van der Waals surface area (Å²) >= 11 is 0. The van der Waals surface area contributed by atoms with Crippen LogP contribution in [0.2, 0.25) is 0 Å². The van der Waals surface area contributed by atoms with E-state index in [9.17, 15) is 0 Å². The molecule has 1 unspecified atom stereocenters. The smallest absolute Gasteiger partial charge is 0.228 e. The molecule has 120 valence electrons. The van der Waals surface area contributed by atoms with Gasteiger partial charge in [0, 0.05) is 23.6 Å². The number of para-hydroxylation sites is 1. The Morgan fingerprint density at radius 1 is 0.833 bits per heavy atom. The molecule has 0 saturated carbocycles. The SMILES string of the molecule is c1ccc(Nc2ccccc2C2(Nc3ccccn3)COO2)nc1. The lowest BCUT2D eigenvalue weighted by Gasteiger charge is -2.41. The van der Waals surface area contributed by atoms with Crippen molar-refractivity contribution in [3.05, 3.63) is 78.6 Å². The van der Waals surface area contributed by atoms with E-state index in [0.717, 1.165) is 17.1 Å². The van der Waals surface area contributed by atoms with Gasteiger partial charge in [0.1, 0.15) is 18.2 Å². The average molecular weight is 320 g/mol. The maximum absolute atomic E-state index is 5.48. The standard InChI is InChI=1S/C18H16N4O2/c1-2-8-15(21-16-9-3-5-11-19-16)14(7-1)18(13-23-24-18)22-17-10-4-6-12-20-17/h1-12H,13H2,(H,19,21)(H,20,22). The largest absolute Gasteiger partial charge is 0.340 e. The Morgan fingerprint density at radius 3 is 2.12 bits per heavy atom. The zero-order valence-corrected chi connectivity index (χ0v) is 12.8. The summed E-state index contributed by atoms with van der Waals surface area (Å²) in [5, 5.41) is 6.64. The number of nitrogens with zero attached hydrogens (tertiary/aromatic N) is 2. The van der Waals surface area contributed by atoms with Gasteiger partial charge in [-0.05, 0) is 30.3 Å². The number of hydrogen-bond donors (Lipinski definition) is 2. The Morgan fingerprint density at radius 2 is 1.50 bits per heavy atom. The fraction of sp³-hybridized carbons (Fsp3) is 0.111. The molecule has 1 fully saturated rings. The number of benzene rings is 1. The van der Waals surface area contributed by atoms with Gasteiger partial charge in [0.25, 0.3) is 0 Å². The normalized spacial score (nSPS) is 19.3. The number of nitrogens with one attached hydrogen (secondary N) is 2. The molecular weight excluding hydrogens is 304 g/mol. The maximum Gasteiger partial charge on any atom is 0.228 e. The van der Waals surface area contributed by atoms with Crippen molar-refractivity contribution in [1.82, 2.24) is 9.97 Å². The van der Waals surface area contributed by atoms with Crippen LogP contribution >= 0.6 is 0 Å². The molecule has 1 aromatic carbocycles. The lowest BCUT2D eigenvalue weighted by atomic mass is 10.00. The van der Waals surface area contributed by atoms with Crippen LogP contribution in [0.3, 0.4) is 0 Å². The molecule has 2 aromatic heterocycles. The lowest BCUT2D eigenvalue weighted by Crippen LogP contribution is -2.51. The zero-order chi connectivity index (χ0) is 16.2. The van der Waals surface area contributed by atoms with Crippen molar-refractivity contribution in [1.29, 1.82) is 0 Å². The summed E-state index contributed by atoms with van der Waals surface area (Å²) in [6.07, 6.45) is 3.48. The molecule has 4 rings (SSSR count). The molecule has 3 heterocycles. The second kappa shape index (κ2) is 6.27. The number of anilines is 3. The van der Waals surface area contributed by atoms with Crippen molar-refractivity contribution in [2.75, 3.05) is 17.2 Å². The lowest BCUT2D eigenvalue weighted by molar-refractivity contribution is -0.470. The second-order valence-corrected chi connectivity index (χ2v) is 5.40. The molecule has 3 aromatic rings. The second-order valence-electron chi connectivity index (χ2n) is 5.40. The van der Waals surface area contributed by atoms with Crippen LogP contribution in [-0.4, -0.2) is 16.6 Å². The Balaban J connectivity index is 1.67. The fourth-order valence-electron chi connectivity index (χ4n) is 2.59. The van der Waals surface area contributed by atoms with Gasteiger partial charge >= 0.3 is 0 Å². The molecule has 1 saturated heterocycles. The third kappa shape index (κ3) is 2.80. The zero-order valence-electron chi connectivity index (χ0n) is 12.8.